The second-order valence-electron chi connectivity index (χ2n) is 17.1. The highest BCUT2D eigenvalue weighted by molar-refractivity contribution is 8.13. The number of thiophene rings is 2. The van der Waals surface area contributed by atoms with Crippen molar-refractivity contribution in [1.82, 2.24) is 39.4 Å². The average molecular weight is 968 g/mol. The van der Waals surface area contributed by atoms with E-state index < -0.39 is 19.1 Å². The Morgan fingerprint density at radius 1 is 0.683 bits per heavy atom. The molecule has 348 valence electrons. The first-order valence-corrected chi connectivity index (χ1v) is 28.5. The minimum Gasteiger partial charge on any atom is -0.379 e. The molecule has 4 fully saturated rings. The summed E-state index contributed by atoms with van der Waals surface area (Å²) in [5.41, 5.74) is 2.51. The molecule has 10 rings (SSSR count). The molecule has 0 atom stereocenters. The van der Waals surface area contributed by atoms with E-state index >= 15 is 0 Å². The number of morpholine rings is 2. The number of halogens is 1. The third-order valence-corrected chi connectivity index (χ3v) is 19.0. The van der Waals surface area contributed by atoms with Crippen LogP contribution in [-0.4, -0.2) is 152 Å². The Kier molecular flexibility index (Phi) is 16.1. The van der Waals surface area contributed by atoms with Crippen LogP contribution in [0.2, 0.25) is 0 Å². The van der Waals surface area contributed by atoms with Gasteiger partial charge >= 0.3 is 0 Å². The van der Waals surface area contributed by atoms with Crippen molar-refractivity contribution in [1.29, 1.82) is 0 Å². The van der Waals surface area contributed by atoms with Crippen molar-refractivity contribution in [2.45, 2.75) is 115 Å². The lowest BCUT2D eigenvalue weighted by Crippen LogP contribution is -2.46. The minimum atomic E-state index is -3.20. The second kappa shape index (κ2) is 21.5. The molecule has 8 heterocycles. The van der Waals surface area contributed by atoms with Crippen LogP contribution in [0.15, 0.2) is 12.7 Å². The molecule has 0 radical (unpaired) electrons. The quantitative estimate of drug-likeness (QED) is 0.181. The topological polar surface area (TPSA) is 184 Å². The molecule has 6 aliphatic rings. The third kappa shape index (κ3) is 11.8. The monoisotopic (exact) mass is 966 g/mol. The van der Waals surface area contributed by atoms with Gasteiger partial charge in [0, 0.05) is 97.0 Å². The predicted molar refractivity (Wildman–Crippen MR) is 253 cm³/mol. The van der Waals surface area contributed by atoms with Crippen LogP contribution < -0.4 is 16.0 Å². The Morgan fingerprint density at radius 3 is 1.63 bits per heavy atom. The van der Waals surface area contributed by atoms with Gasteiger partial charge in [0.05, 0.1) is 48.7 Å². The highest BCUT2D eigenvalue weighted by Gasteiger charge is 2.32. The number of hydrogen-bond acceptors (Lipinski definition) is 17. The summed E-state index contributed by atoms with van der Waals surface area (Å²) in [5, 5.41) is 13.2. The molecule has 0 spiro atoms. The largest absolute Gasteiger partial charge is 0.379 e. The number of aromatic nitrogens is 4. The molecule has 4 aromatic heterocycles. The Balaban J connectivity index is 0.000000155. The Hall–Kier alpha value is -2.37. The van der Waals surface area contributed by atoms with Crippen LogP contribution >= 0.6 is 33.4 Å². The number of ether oxygens (including phenoxy) is 2. The third-order valence-electron chi connectivity index (χ3n) is 13.4. The normalized spacial score (nSPS) is 25.3. The molecule has 0 aromatic carbocycles. The number of nitrogens with one attached hydrogen (secondary N) is 3. The fourth-order valence-electron chi connectivity index (χ4n) is 9.81. The van der Waals surface area contributed by atoms with Crippen molar-refractivity contribution in [3.63, 3.8) is 0 Å². The number of rotatable bonds is 9. The highest BCUT2D eigenvalue weighted by Crippen LogP contribution is 2.40. The van der Waals surface area contributed by atoms with Crippen molar-refractivity contribution in [3.05, 3.63) is 33.5 Å². The molecule has 2 saturated heterocycles. The van der Waals surface area contributed by atoms with Gasteiger partial charge in [-0.05, 0) is 82.3 Å². The molecule has 2 aliphatic carbocycles. The number of anilines is 2. The van der Waals surface area contributed by atoms with Crippen LogP contribution in [0.1, 0.15) is 86.1 Å². The Labute approximate surface area is 384 Å². The van der Waals surface area contributed by atoms with Gasteiger partial charge in [-0.15, -0.1) is 22.7 Å². The van der Waals surface area contributed by atoms with E-state index in [0.717, 1.165) is 130 Å². The maximum absolute atomic E-state index is 12.5. The average Bonchev–Trinajstić information content (AvgIpc) is 3.90. The predicted octanol–water partition coefficient (Wildman–Crippen LogP) is 5.42. The number of nitrogens with zero attached hydrogens (tertiary/aromatic N) is 7. The summed E-state index contributed by atoms with van der Waals surface area (Å²) in [4.78, 5) is 28.3. The highest BCUT2D eigenvalue weighted by atomic mass is 35.7. The van der Waals surface area contributed by atoms with E-state index in [2.05, 4.69) is 56.4 Å². The maximum Gasteiger partial charge on any atom is 0.232 e. The summed E-state index contributed by atoms with van der Waals surface area (Å²) in [5.74, 6) is 2.06. The standard InChI is InChI=1S/C21H31N5O3S2.C19H27N5OS.C2H5ClO2S/c1-2-31(27,28)26-8-7-18-17(13-26)19-20(22-14-23-21(19)30-18)24-15-3-5-16(6-4-15)25-9-11-29-12-10-25;1-3-14(24-7-9-25-10-8-24)4-2-13(1)23-18-17-15-11-20-6-5-16(15)26-19(17)22-12-21-18;1-2-6(3,4)5/h14-16H,2-13H2,1H3,(H,22,23,24);12-14,20H,1-11H2,(H,21,22,23);2H2,1H3. The zero-order valence-electron chi connectivity index (χ0n) is 36.5. The second-order valence-corrected chi connectivity index (χ2v) is 24.6. The maximum atomic E-state index is 12.5. The molecule has 63 heavy (non-hydrogen) atoms. The Morgan fingerprint density at radius 2 is 1.16 bits per heavy atom. The zero-order valence-corrected chi connectivity index (χ0v) is 40.5. The number of sulfonamides is 1. The van der Waals surface area contributed by atoms with E-state index in [1.165, 1.54) is 66.2 Å². The Bertz CT molecular complexity index is 2360. The van der Waals surface area contributed by atoms with Crippen LogP contribution in [0.4, 0.5) is 11.6 Å². The lowest BCUT2D eigenvalue weighted by molar-refractivity contribution is 0.00788. The molecular weight excluding hydrogens is 904 g/mol. The van der Waals surface area contributed by atoms with E-state index in [4.69, 9.17) is 9.47 Å². The lowest BCUT2D eigenvalue weighted by Gasteiger charge is -2.39. The van der Waals surface area contributed by atoms with E-state index in [-0.39, 0.29) is 11.5 Å². The van der Waals surface area contributed by atoms with Gasteiger partial charge in [0.15, 0.2) is 0 Å². The van der Waals surface area contributed by atoms with E-state index in [1.807, 2.05) is 11.3 Å². The molecule has 3 N–H and O–H groups in total. The zero-order chi connectivity index (χ0) is 44.0. The molecular formula is C42H63ClN10O6S4. The first-order valence-electron chi connectivity index (χ1n) is 22.8. The van der Waals surface area contributed by atoms with Crippen molar-refractivity contribution in [2.24, 2.45) is 0 Å². The molecule has 0 bridgehead atoms. The van der Waals surface area contributed by atoms with Crippen molar-refractivity contribution in [3.8, 4) is 0 Å². The number of hydrogen-bond donors (Lipinski definition) is 3. The van der Waals surface area contributed by atoms with Gasteiger partial charge in [-0.1, -0.05) is 6.92 Å². The first kappa shape index (κ1) is 47.1. The molecule has 4 aromatic rings. The van der Waals surface area contributed by atoms with Gasteiger partial charge in [0.1, 0.15) is 34.0 Å². The van der Waals surface area contributed by atoms with Gasteiger partial charge < -0.3 is 25.4 Å². The van der Waals surface area contributed by atoms with Gasteiger partial charge in [-0.2, -0.15) is 4.31 Å². The van der Waals surface area contributed by atoms with Crippen LogP contribution in [0.25, 0.3) is 20.4 Å². The summed E-state index contributed by atoms with van der Waals surface area (Å²) < 4.78 is 57.1. The SMILES string of the molecule is CCS(=O)(=O)Cl.CCS(=O)(=O)N1CCc2sc3ncnc(NC4CCC(N5CCOCC5)CC4)c3c2C1.c1nc(NC2CCC(N3CCOCC3)CC2)c2c3c(sc2n1)CCNC3. The van der Waals surface area contributed by atoms with E-state index in [9.17, 15) is 16.8 Å². The smallest absolute Gasteiger partial charge is 0.232 e. The van der Waals surface area contributed by atoms with Crippen LogP contribution in [-0.2, 0) is 54.5 Å². The number of fused-ring (bicyclic) bond motifs is 6. The van der Waals surface area contributed by atoms with Gasteiger partial charge in [-0.25, -0.2) is 36.8 Å². The first-order chi connectivity index (χ1) is 30.5. The molecule has 16 nitrogen and oxygen atoms in total. The lowest BCUT2D eigenvalue weighted by atomic mass is 9.90. The minimum absolute atomic E-state index is 0.00849. The van der Waals surface area contributed by atoms with Gasteiger partial charge in [-0.3, -0.25) is 9.80 Å². The van der Waals surface area contributed by atoms with E-state index in [1.54, 1.807) is 35.2 Å². The van der Waals surface area contributed by atoms with Crippen LogP contribution in [0.5, 0.6) is 0 Å². The van der Waals surface area contributed by atoms with Crippen LogP contribution in [0.3, 0.4) is 0 Å². The van der Waals surface area contributed by atoms with E-state index in [0.29, 0.717) is 31.2 Å². The van der Waals surface area contributed by atoms with Gasteiger partial charge in [0.2, 0.25) is 19.1 Å². The summed E-state index contributed by atoms with van der Waals surface area (Å²) in [6.07, 6.45) is 14.8. The van der Waals surface area contributed by atoms with Crippen LogP contribution in [0, 0.1) is 0 Å². The molecule has 0 unspecified atom stereocenters. The van der Waals surface area contributed by atoms with Crippen molar-refractivity contribution in [2.75, 3.05) is 87.8 Å². The molecule has 4 aliphatic heterocycles. The fourth-order valence-corrected chi connectivity index (χ4v) is 13.2. The van der Waals surface area contributed by atoms with Gasteiger partial charge in [0.25, 0.3) is 0 Å². The van der Waals surface area contributed by atoms with Crippen molar-refractivity contribution < 1.29 is 26.3 Å². The fraction of sp³-hybridized carbons (Fsp3) is 0.714. The summed E-state index contributed by atoms with van der Waals surface area (Å²) in [7, 11) is -1.70. The summed E-state index contributed by atoms with van der Waals surface area (Å²) in [6, 6.07) is 2.32. The van der Waals surface area contributed by atoms with Crippen molar-refractivity contribution >= 4 is 84.5 Å². The summed E-state index contributed by atoms with van der Waals surface area (Å²) in [6.45, 7) is 14.0. The molecule has 2 saturated carbocycles. The molecule has 0 amide bonds. The molecule has 21 heteroatoms. The summed E-state index contributed by atoms with van der Waals surface area (Å²) >= 11 is 3.53.